The Kier molecular flexibility index (Phi) is 4.00. The molecule has 1 aromatic rings. The van der Waals surface area contributed by atoms with E-state index in [-0.39, 0.29) is 17.1 Å². The van der Waals surface area contributed by atoms with Crippen LogP contribution in [0.5, 0.6) is 0 Å². The molecule has 0 unspecified atom stereocenters. The van der Waals surface area contributed by atoms with E-state index in [0.29, 0.717) is 28.5 Å². The normalized spacial score (nSPS) is 38.3. The van der Waals surface area contributed by atoms with Crippen LogP contribution in [0.1, 0.15) is 38.5 Å². The van der Waals surface area contributed by atoms with E-state index in [0.717, 1.165) is 19.3 Å². The molecule has 5 aliphatic rings. The van der Waals surface area contributed by atoms with E-state index in [4.69, 9.17) is 11.6 Å². The molecule has 1 atom stereocenters. The molecule has 0 radical (unpaired) electrons. The van der Waals surface area contributed by atoms with Gasteiger partial charge in [0.1, 0.15) is 0 Å². The lowest BCUT2D eigenvalue weighted by molar-refractivity contribution is -0.143. The summed E-state index contributed by atoms with van der Waals surface area (Å²) in [6.45, 7) is 0. The molecule has 0 spiro atoms. The summed E-state index contributed by atoms with van der Waals surface area (Å²) in [4.78, 5) is 15.7. The highest BCUT2D eigenvalue weighted by molar-refractivity contribution is 7.94. The summed E-state index contributed by atoms with van der Waals surface area (Å²) in [5, 5.41) is 1.81. The number of amides is 1. The first-order valence-electron chi connectivity index (χ1n) is 9.84. The Morgan fingerprint density at radius 2 is 1.70 bits per heavy atom. The Bertz CT molecular complexity index is 888. The molecule has 1 heterocycles. The molecule has 4 bridgehead atoms. The van der Waals surface area contributed by atoms with Gasteiger partial charge in [0.15, 0.2) is 9.84 Å². The first kappa shape index (κ1) is 17.7. The Labute approximate surface area is 165 Å². The predicted molar refractivity (Wildman–Crippen MR) is 106 cm³/mol. The molecular formula is C21H24ClNO3S. The van der Waals surface area contributed by atoms with E-state index in [1.54, 1.807) is 23.1 Å². The lowest BCUT2D eigenvalue weighted by Crippen LogP contribution is -2.57. The van der Waals surface area contributed by atoms with E-state index in [1.165, 1.54) is 24.7 Å². The molecule has 0 N–H and O–H groups in total. The van der Waals surface area contributed by atoms with Gasteiger partial charge in [0.25, 0.3) is 0 Å². The number of halogens is 1. The van der Waals surface area contributed by atoms with Crippen LogP contribution in [-0.2, 0) is 14.6 Å². The number of rotatable bonds is 3. The van der Waals surface area contributed by atoms with Gasteiger partial charge in [0.05, 0.1) is 17.2 Å². The molecule has 4 fully saturated rings. The maximum absolute atomic E-state index is 14.0. The van der Waals surface area contributed by atoms with Gasteiger partial charge in [-0.2, -0.15) is 0 Å². The molecule has 0 aromatic heterocycles. The molecule has 6 heteroatoms. The van der Waals surface area contributed by atoms with Crippen molar-refractivity contribution in [2.24, 2.45) is 23.2 Å². The van der Waals surface area contributed by atoms with Crippen molar-refractivity contribution in [1.29, 1.82) is 0 Å². The minimum absolute atomic E-state index is 0.0440. The van der Waals surface area contributed by atoms with Gasteiger partial charge in [-0.1, -0.05) is 17.7 Å². The zero-order valence-electron chi connectivity index (χ0n) is 15.2. The van der Waals surface area contributed by atoms with Crippen LogP contribution in [0.3, 0.4) is 0 Å². The van der Waals surface area contributed by atoms with E-state index >= 15 is 0 Å². The highest BCUT2D eigenvalue weighted by Crippen LogP contribution is 2.61. The van der Waals surface area contributed by atoms with Crippen LogP contribution in [0.25, 0.3) is 0 Å². The fraction of sp³-hybridized carbons (Fsp3) is 0.571. The molecule has 6 rings (SSSR count). The SMILES string of the molecule is O=C(N(c1cccc(Cl)c1)[C@H]1C=CS(=O)(=O)C1)C12CC3CC(CC(C3)C1)C2. The van der Waals surface area contributed by atoms with Crippen molar-refractivity contribution < 1.29 is 13.2 Å². The van der Waals surface area contributed by atoms with Gasteiger partial charge in [0, 0.05) is 16.1 Å². The van der Waals surface area contributed by atoms with Gasteiger partial charge in [-0.25, -0.2) is 8.42 Å². The number of benzene rings is 1. The highest BCUT2D eigenvalue weighted by Gasteiger charge is 2.56. The third-order valence-electron chi connectivity index (χ3n) is 7.04. The second-order valence-electron chi connectivity index (χ2n) is 9.08. The summed E-state index contributed by atoms with van der Waals surface area (Å²) in [5.74, 6) is 2.03. The average Bonchev–Trinajstić information content (AvgIpc) is 2.93. The third-order valence-corrected chi connectivity index (χ3v) is 8.65. The number of carbonyl (C=O) groups excluding carboxylic acids is 1. The Morgan fingerprint density at radius 3 is 2.22 bits per heavy atom. The van der Waals surface area contributed by atoms with Crippen molar-refractivity contribution in [2.45, 2.75) is 44.6 Å². The summed E-state index contributed by atoms with van der Waals surface area (Å²) >= 11 is 6.20. The smallest absolute Gasteiger partial charge is 0.233 e. The number of nitrogens with zero attached hydrogens (tertiary/aromatic N) is 1. The molecule has 144 valence electrons. The Hall–Kier alpha value is -1.33. The fourth-order valence-corrected chi connectivity index (χ4v) is 7.89. The third kappa shape index (κ3) is 3.03. The minimum atomic E-state index is -3.26. The second kappa shape index (κ2) is 6.08. The first-order chi connectivity index (χ1) is 12.8. The molecule has 4 nitrogen and oxygen atoms in total. The number of carbonyl (C=O) groups is 1. The average molecular weight is 406 g/mol. The van der Waals surface area contributed by atoms with E-state index < -0.39 is 15.9 Å². The molecule has 4 aliphatic carbocycles. The Morgan fingerprint density at radius 1 is 1.07 bits per heavy atom. The standard InChI is InChI=1S/C21H24ClNO3S/c22-17-2-1-3-18(9-17)23(19-4-5-27(25,26)13-19)20(24)21-10-14-6-15(11-21)8-16(7-14)12-21/h1-5,9,14-16,19H,6-8,10-13H2/t14?,15?,16?,19-,21?/m0/s1. The van der Waals surface area contributed by atoms with Crippen LogP contribution >= 0.6 is 11.6 Å². The van der Waals surface area contributed by atoms with Crippen LogP contribution in [0.15, 0.2) is 35.7 Å². The minimum Gasteiger partial charge on any atom is -0.304 e. The fourth-order valence-electron chi connectivity index (χ4n) is 6.43. The molecule has 0 saturated heterocycles. The zero-order valence-corrected chi connectivity index (χ0v) is 16.8. The zero-order chi connectivity index (χ0) is 18.8. The number of hydrogen-bond acceptors (Lipinski definition) is 3. The van der Waals surface area contributed by atoms with Crippen molar-refractivity contribution in [3.05, 3.63) is 40.8 Å². The summed E-state index contributed by atoms with van der Waals surface area (Å²) < 4.78 is 24.1. The van der Waals surface area contributed by atoms with E-state index in [1.807, 2.05) is 12.1 Å². The monoisotopic (exact) mass is 405 g/mol. The van der Waals surface area contributed by atoms with Crippen LogP contribution in [0.2, 0.25) is 5.02 Å². The largest absolute Gasteiger partial charge is 0.304 e. The second-order valence-corrected chi connectivity index (χ2v) is 11.4. The van der Waals surface area contributed by atoms with Gasteiger partial charge in [-0.15, -0.1) is 0 Å². The molecule has 1 aliphatic heterocycles. The van der Waals surface area contributed by atoms with Crippen LogP contribution in [0.4, 0.5) is 5.69 Å². The predicted octanol–water partition coefficient (Wildman–Crippen LogP) is 4.20. The number of anilines is 1. The van der Waals surface area contributed by atoms with E-state index in [9.17, 15) is 13.2 Å². The van der Waals surface area contributed by atoms with Gasteiger partial charge in [-0.3, -0.25) is 4.79 Å². The van der Waals surface area contributed by atoms with E-state index in [2.05, 4.69) is 0 Å². The summed E-state index contributed by atoms with van der Waals surface area (Å²) in [6, 6.07) is 6.79. The molecule has 4 saturated carbocycles. The van der Waals surface area contributed by atoms with Crippen molar-refractivity contribution >= 4 is 33.0 Å². The highest BCUT2D eigenvalue weighted by atomic mass is 35.5. The lowest BCUT2D eigenvalue weighted by atomic mass is 9.49. The maximum Gasteiger partial charge on any atom is 0.233 e. The summed E-state index contributed by atoms with van der Waals surface area (Å²) in [5.41, 5.74) is 0.382. The van der Waals surface area contributed by atoms with Crippen molar-refractivity contribution in [1.82, 2.24) is 0 Å². The number of hydrogen-bond donors (Lipinski definition) is 0. The summed E-state index contributed by atoms with van der Waals surface area (Å²) in [7, 11) is -3.26. The van der Waals surface area contributed by atoms with Gasteiger partial charge < -0.3 is 4.90 Å². The first-order valence-corrected chi connectivity index (χ1v) is 11.9. The molecular weight excluding hydrogens is 382 g/mol. The van der Waals surface area contributed by atoms with Gasteiger partial charge in [0.2, 0.25) is 5.91 Å². The van der Waals surface area contributed by atoms with Crippen LogP contribution in [-0.4, -0.2) is 26.1 Å². The topological polar surface area (TPSA) is 54.5 Å². The molecule has 1 aromatic carbocycles. The number of sulfone groups is 1. The molecule has 1 amide bonds. The summed E-state index contributed by atoms with van der Waals surface area (Å²) in [6.07, 6.45) is 8.33. The van der Waals surface area contributed by atoms with Gasteiger partial charge >= 0.3 is 0 Å². The Balaban J connectivity index is 1.54. The lowest BCUT2D eigenvalue weighted by Gasteiger charge is -2.57. The van der Waals surface area contributed by atoms with Crippen molar-refractivity contribution in [3.63, 3.8) is 0 Å². The van der Waals surface area contributed by atoms with Crippen molar-refractivity contribution in [2.75, 3.05) is 10.7 Å². The van der Waals surface area contributed by atoms with Crippen LogP contribution in [0, 0.1) is 23.2 Å². The maximum atomic E-state index is 14.0. The van der Waals surface area contributed by atoms with Crippen LogP contribution < -0.4 is 4.90 Å². The molecule has 27 heavy (non-hydrogen) atoms. The van der Waals surface area contributed by atoms with Crippen molar-refractivity contribution in [3.8, 4) is 0 Å². The van der Waals surface area contributed by atoms with Gasteiger partial charge in [-0.05, 0) is 80.6 Å². The quantitative estimate of drug-likeness (QED) is 0.757.